The Bertz CT molecular complexity index is 512. The van der Waals surface area contributed by atoms with Crippen molar-refractivity contribution in [2.24, 2.45) is 0 Å². The quantitative estimate of drug-likeness (QED) is 0.851. The summed E-state index contributed by atoms with van der Waals surface area (Å²) in [5.74, 6) is 0.512. The molecule has 6 nitrogen and oxygen atoms in total. The Morgan fingerprint density at radius 1 is 1.22 bits per heavy atom. The van der Waals surface area contributed by atoms with E-state index in [1.165, 1.54) is 24.9 Å². The Morgan fingerprint density at radius 2 is 2.00 bits per heavy atom. The normalized spacial score (nSPS) is 9.83. The first-order chi connectivity index (χ1) is 8.79. The second kappa shape index (κ2) is 5.72. The van der Waals surface area contributed by atoms with E-state index in [1.807, 2.05) is 6.92 Å². The van der Waals surface area contributed by atoms with Gasteiger partial charge in [0.25, 0.3) is 5.91 Å². The zero-order valence-electron chi connectivity index (χ0n) is 9.92. The molecule has 2 rings (SSSR count). The van der Waals surface area contributed by atoms with Crippen LogP contribution in [0.25, 0.3) is 0 Å². The van der Waals surface area contributed by atoms with E-state index in [4.69, 9.17) is 0 Å². The minimum absolute atomic E-state index is 0.236. The number of pyridine rings is 1. The fourth-order valence-corrected chi connectivity index (χ4v) is 1.38. The van der Waals surface area contributed by atoms with E-state index in [-0.39, 0.29) is 5.91 Å². The van der Waals surface area contributed by atoms with Crippen LogP contribution in [0.1, 0.15) is 17.3 Å². The number of nitrogens with one attached hydrogen (secondary N) is 2. The predicted octanol–water partition coefficient (Wildman–Crippen LogP) is 1.56. The summed E-state index contributed by atoms with van der Waals surface area (Å²) in [7, 11) is 0. The van der Waals surface area contributed by atoms with Gasteiger partial charge in [-0.05, 0) is 19.1 Å². The van der Waals surface area contributed by atoms with Crippen molar-refractivity contribution in [3.63, 3.8) is 0 Å². The summed E-state index contributed by atoms with van der Waals surface area (Å²) >= 11 is 0. The zero-order valence-corrected chi connectivity index (χ0v) is 9.92. The molecule has 1 amide bonds. The Morgan fingerprint density at radius 3 is 2.61 bits per heavy atom. The fraction of sp³-hybridized carbons (Fsp3) is 0.167. The number of hydrogen-bond donors (Lipinski definition) is 2. The number of aromatic nitrogens is 3. The van der Waals surface area contributed by atoms with Crippen LogP contribution in [-0.2, 0) is 0 Å². The summed E-state index contributed by atoms with van der Waals surface area (Å²) in [5, 5.41) is 5.75. The van der Waals surface area contributed by atoms with Crippen molar-refractivity contribution in [1.82, 2.24) is 15.0 Å². The fourth-order valence-electron chi connectivity index (χ4n) is 1.38. The maximum atomic E-state index is 11.9. The largest absolute Gasteiger partial charge is 0.370 e. The number of carbonyl (C=O) groups is 1. The van der Waals surface area contributed by atoms with E-state index >= 15 is 0 Å². The molecule has 0 aliphatic carbocycles. The molecule has 0 atom stereocenters. The molecule has 2 N–H and O–H groups in total. The molecule has 0 aliphatic heterocycles. The standard InChI is InChI=1S/C12H13N5O/c1-2-15-11-4-3-9(5-16-11)12(18)17-10-6-13-8-14-7-10/h3-8H,2H2,1H3,(H,15,16)(H,17,18). The highest BCUT2D eigenvalue weighted by Gasteiger charge is 2.06. The molecule has 0 spiro atoms. The summed E-state index contributed by atoms with van der Waals surface area (Å²) in [6, 6.07) is 3.48. The highest BCUT2D eigenvalue weighted by molar-refractivity contribution is 6.03. The van der Waals surface area contributed by atoms with Gasteiger partial charge in [0, 0.05) is 12.7 Å². The smallest absolute Gasteiger partial charge is 0.257 e. The number of hydrogen-bond acceptors (Lipinski definition) is 5. The molecule has 0 aliphatic rings. The minimum Gasteiger partial charge on any atom is -0.370 e. The number of nitrogens with zero attached hydrogens (tertiary/aromatic N) is 3. The van der Waals surface area contributed by atoms with Crippen LogP contribution in [0.4, 0.5) is 11.5 Å². The lowest BCUT2D eigenvalue weighted by atomic mass is 10.2. The highest BCUT2D eigenvalue weighted by atomic mass is 16.1. The van der Waals surface area contributed by atoms with Gasteiger partial charge in [-0.15, -0.1) is 0 Å². The SMILES string of the molecule is CCNc1ccc(C(=O)Nc2cncnc2)cn1. The maximum absolute atomic E-state index is 11.9. The zero-order chi connectivity index (χ0) is 12.8. The van der Waals surface area contributed by atoms with Gasteiger partial charge in [0.2, 0.25) is 0 Å². The Kier molecular flexibility index (Phi) is 3.80. The molecule has 0 saturated heterocycles. The second-order valence-electron chi connectivity index (χ2n) is 3.54. The van der Waals surface area contributed by atoms with Crippen LogP contribution in [0.3, 0.4) is 0 Å². The lowest BCUT2D eigenvalue weighted by Gasteiger charge is -2.05. The first-order valence-corrected chi connectivity index (χ1v) is 5.56. The number of amides is 1. The Balaban J connectivity index is 2.05. The van der Waals surface area contributed by atoms with Gasteiger partial charge >= 0.3 is 0 Å². The van der Waals surface area contributed by atoms with Crippen LogP contribution in [0.5, 0.6) is 0 Å². The van der Waals surface area contributed by atoms with Crippen LogP contribution in [0, 0.1) is 0 Å². The van der Waals surface area contributed by atoms with E-state index in [0.717, 1.165) is 12.4 Å². The van der Waals surface area contributed by atoms with Gasteiger partial charge in [-0.3, -0.25) is 4.79 Å². The second-order valence-corrected chi connectivity index (χ2v) is 3.54. The van der Waals surface area contributed by atoms with Gasteiger partial charge in [-0.25, -0.2) is 15.0 Å². The van der Waals surface area contributed by atoms with Gasteiger partial charge in [0.15, 0.2) is 0 Å². The van der Waals surface area contributed by atoms with E-state index in [2.05, 4.69) is 25.6 Å². The average molecular weight is 243 g/mol. The van der Waals surface area contributed by atoms with Crippen molar-refractivity contribution in [3.8, 4) is 0 Å². The van der Waals surface area contributed by atoms with Crippen molar-refractivity contribution < 1.29 is 4.79 Å². The van der Waals surface area contributed by atoms with Crippen LogP contribution in [0.15, 0.2) is 37.1 Å². The van der Waals surface area contributed by atoms with E-state index < -0.39 is 0 Å². The predicted molar refractivity (Wildman–Crippen MR) is 68.4 cm³/mol. The molecule has 0 saturated carbocycles. The third kappa shape index (κ3) is 3.00. The van der Waals surface area contributed by atoms with E-state index in [9.17, 15) is 4.79 Å². The van der Waals surface area contributed by atoms with Crippen molar-refractivity contribution >= 4 is 17.4 Å². The van der Waals surface area contributed by atoms with Crippen molar-refractivity contribution in [3.05, 3.63) is 42.6 Å². The molecule has 2 aromatic heterocycles. The van der Waals surface area contributed by atoms with Gasteiger partial charge in [-0.1, -0.05) is 0 Å². The molecule has 0 radical (unpaired) electrons. The van der Waals surface area contributed by atoms with Gasteiger partial charge in [0.05, 0.1) is 23.6 Å². The Hall–Kier alpha value is -2.50. The van der Waals surface area contributed by atoms with Crippen LogP contribution in [0.2, 0.25) is 0 Å². The number of carbonyl (C=O) groups excluding carboxylic acids is 1. The van der Waals surface area contributed by atoms with Crippen LogP contribution >= 0.6 is 0 Å². The van der Waals surface area contributed by atoms with Gasteiger partial charge in [-0.2, -0.15) is 0 Å². The third-order valence-corrected chi connectivity index (χ3v) is 2.20. The van der Waals surface area contributed by atoms with Crippen LogP contribution in [-0.4, -0.2) is 27.4 Å². The summed E-state index contributed by atoms with van der Waals surface area (Å²) < 4.78 is 0. The average Bonchev–Trinajstić information content (AvgIpc) is 2.41. The molecule has 0 unspecified atom stereocenters. The first kappa shape index (κ1) is 12.0. The number of anilines is 2. The van der Waals surface area contributed by atoms with Gasteiger partial charge in [0.1, 0.15) is 12.1 Å². The Labute approximate surface area is 105 Å². The third-order valence-electron chi connectivity index (χ3n) is 2.20. The number of rotatable bonds is 4. The summed E-state index contributed by atoms with van der Waals surface area (Å²) in [6.45, 7) is 2.78. The minimum atomic E-state index is -0.236. The van der Waals surface area contributed by atoms with Crippen molar-refractivity contribution in [2.75, 3.05) is 17.2 Å². The molecule has 2 aromatic rings. The highest BCUT2D eigenvalue weighted by Crippen LogP contribution is 2.08. The molecule has 2 heterocycles. The van der Waals surface area contributed by atoms with Crippen molar-refractivity contribution in [2.45, 2.75) is 6.92 Å². The molecule has 18 heavy (non-hydrogen) atoms. The van der Waals surface area contributed by atoms with Crippen molar-refractivity contribution in [1.29, 1.82) is 0 Å². The molecule has 0 bridgehead atoms. The summed E-state index contributed by atoms with van der Waals surface area (Å²) in [6.07, 6.45) is 6.00. The lowest BCUT2D eigenvalue weighted by molar-refractivity contribution is 0.102. The van der Waals surface area contributed by atoms with E-state index in [1.54, 1.807) is 12.1 Å². The molecule has 0 aromatic carbocycles. The molecule has 92 valence electrons. The van der Waals surface area contributed by atoms with Gasteiger partial charge < -0.3 is 10.6 Å². The topological polar surface area (TPSA) is 79.8 Å². The molecular formula is C12H13N5O. The van der Waals surface area contributed by atoms with Crippen LogP contribution < -0.4 is 10.6 Å². The maximum Gasteiger partial charge on any atom is 0.257 e. The molecule has 0 fully saturated rings. The molecular weight excluding hydrogens is 230 g/mol. The van der Waals surface area contributed by atoms with E-state index in [0.29, 0.717) is 11.3 Å². The summed E-state index contributed by atoms with van der Waals surface area (Å²) in [4.78, 5) is 23.6. The molecule has 6 heteroatoms. The lowest BCUT2D eigenvalue weighted by Crippen LogP contribution is -2.12. The summed E-state index contributed by atoms with van der Waals surface area (Å²) in [5.41, 5.74) is 1.04. The first-order valence-electron chi connectivity index (χ1n) is 5.56. The monoisotopic (exact) mass is 243 g/mol.